The molecule has 3 rings (SSSR count). The third kappa shape index (κ3) is 3.99. The predicted octanol–water partition coefficient (Wildman–Crippen LogP) is 4.40. The van der Waals surface area contributed by atoms with E-state index in [1.165, 1.54) is 0 Å². The number of hydroxylamine groups is 2. The molecular weight excluding hydrogens is 320 g/mol. The molecule has 0 aliphatic heterocycles. The summed E-state index contributed by atoms with van der Waals surface area (Å²) in [5.41, 5.74) is 5.00. The zero-order valence-electron chi connectivity index (χ0n) is 13.6. The third-order valence-corrected chi connectivity index (χ3v) is 3.69. The molecule has 1 unspecified atom stereocenters. The van der Waals surface area contributed by atoms with Crippen LogP contribution in [-0.4, -0.2) is 22.3 Å². The Morgan fingerprint density at radius 2 is 1.96 bits per heavy atom. The summed E-state index contributed by atoms with van der Waals surface area (Å²) in [6.07, 6.45) is 3.22. The average Bonchev–Trinajstić information content (AvgIpc) is 3.06. The summed E-state index contributed by atoms with van der Waals surface area (Å²) in [6, 6.07) is 15.7. The van der Waals surface area contributed by atoms with Gasteiger partial charge in [0.25, 0.3) is 5.95 Å². The molecule has 1 atom stereocenters. The molecule has 0 aliphatic carbocycles. The van der Waals surface area contributed by atoms with E-state index in [2.05, 4.69) is 0 Å². The third-order valence-electron chi connectivity index (χ3n) is 3.69. The maximum Gasteiger partial charge on any atom is 0.339 e. The molecule has 6 heteroatoms. The molecule has 0 fully saturated rings. The number of hydrogen-bond acceptors (Lipinski definition) is 4. The highest BCUT2D eigenvalue weighted by Gasteiger charge is 2.12. The van der Waals surface area contributed by atoms with Gasteiger partial charge < -0.3 is 14.9 Å². The highest BCUT2D eigenvalue weighted by Crippen LogP contribution is 2.27. The molecule has 3 aromatic rings. The second-order valence-corrected chi connectivity index (χ2v) is 5.55. The van der Waals surface area contributed by atoms with Gasteiger partial charge in [-0.1, -0.05) is 36.4 Å². The number of primary amides is 1. The number of benzene rings is 2. The van der Waals surface area contributed by atoms with Crippen LogP contribution in [0.25, 0.3) is 16.8 Å². The number of nitrogens with two attached hydrogens (primary N) is 1. The summed E-state index contributed by atoms with van der Waals surface area (Å²) >= 11 is 0. The summed E-state index contributed by atoms with van der Waals surface area (Å²) in [4.78, 5) is 10.9. The first-order chi connectivity index (χ1) is 12.0. The second-order valence-electron chi connectivity index (χ2n) is 5.55. The van der Waals surface area contributed by atoms with Gasteiger partial charge in [0.2, 0.25) is 0 Å². The van der Waals surface area contributed by atoms with Gasteiger partial charge in [-0.2, -0.15) is 5.06 Å². The number of amides is 2. The molecule has 0 spiro atoms. The largest absolute Gasteiger partial charge is 0.426 e. The van der Waals surface area contributed by atoms with Crippen LogP contribution in [0.2, 0.25) is 0 Å². The van der Waals surface area contributed by atoms with Gasteiger partial charge >= 0.3 is 6.03 Å². The lowest BCUT2D eigenvalue weighted by Crippen LogP contribution is -2.38. The van der Waals surface area contributed by atoms with E-state index in [9.17, 15) is 10.0 Å². The van der Waals surface area contributed by atoms with E-state index in [-0.39, 0.29) is 0 Å². The summed E-state index contributed by atoms with van der Waals surface area (Å²) in [7, 11) is 0. The van der Waals surface area contributed by atoms with Crippen LogP contribution in [0, 0.1) is 0 Å². The minimum Gasteiger partial charge on any atom is -0.426 e. The lowest BCUT2D eigenvalue weighted by Gasteiger charge is -2.16. The van der Waals surface area contributed by atoms with Crippen LogP contribution in [-0.2, 0) is 0 Å². The van der Waals surface area contributed by atoms with Crippen LogP contribution in [0.1, 0.15) is 12.7 Å². The number of carbonyl (C=O) groups excluding carboxylic acids is 1. The van der Waals surface area contributed by atoms with Crippen molar-refractivity contribution in [1.29, 1.82) is 0 Å². The van der Waals surface area contributed by atoms with Gasteiger partial charge in [0.1, 0.15) is 11.5 Å². The highest BCUT2D eigenvalue weighted by molar-refractivity contribution is 5.83. The Morgan fingerprint density at radius 1 is 1.20 bits per heavy atom. The van der Waals surface area contributed by atoms with Gasteiger partial charge in [-0.25, -0.2) is 4.79 Å². The van der Waals surface area contributed by atoms with Crippen molar-refractivity contribution in [3.8, 4) is 11.7 Å². The Hall–Kier alpha value is -3.25. The lowest BCUT2D eigenvalue weighted by atomic mass is 10.1. The van der Waals surface area contributed by atoms with Crippen LogP contribution in [0.15, 0.2) is 65.1 Å². The zero-order chi connectivity index (χ0) is 17.8. The highest BCUT2D eigenvalue weighted by atomic mass is 16.6. The van der Waals surface area contributed by atoms with Gasteiger partial charge in [0, 0.05) is 6.07 Å². The first-order valence-corrected chi connectivity index (χ1v) is 7.75. The van der Waals surface area contributed by atoms with Crippen molar-refractivity contribution in [3.05, 3.63) is 66.4 Å². The number of rotatable bonds is 5. The van der Waals surface area contributed by atoms with Crippen LogP contribution in [0.3, 0.4) is 0 Å². The van der Waals surface area contributed by atoms with Crippen molar-refractivity contribution in [2.75, 3.05) is 0 Å². The van der Waals surface area contributed by atoms with Crippen LogP contribution < -0.4 is 10.5 Å². The van der Waals surface area contributed by atoms with E-state index < -0.39 is 12.1 Å². The van der Waals surface area contributed by atoms with Crippen molar-refractivity contribution in [1.82, 2.24) is 5.06 Å². The molecular formula is C19H18N2O4. The number of nitrogens with zero attached hydrogens (tertiary/aromatic N) is 1. The number of urea groups is 1. The fraction of sp³-hybridized carbons (Fsp3) is 0.105. The molecule has 0 bridgehead atoms. The molecule has 128 valence electrons. The minimum atomic E-state index is -0.920. The first kappa shape index (κ1) is 16.6. The van der Waals surface area contributed by atoms with Gasteiger partial charge in [-0.05, 0) is 42.0 Å². The Kier molecular flexibility index (Phi) is 4.72. The number of hydrogen-bond donors (Lipinski definition) is 2. The quantitative estimate of drug-likeness (QED) is 0.533. The van der Waals surface area contributed by atoms with E-state index in [0.29, 0.717) is 22.5 Å². The fourth-order valence-electron chi connectivity index (χ4n) is 2.34. The van der Waals surface area contributed by atoms with E-state index in [1.54, 1.807) is 31.2 Å². The zero-order valence-corrected chi connectivity index (χ0v) is 13.6. The standard InChI is InChI=1S/C19H18N2O4/c1-13(21(23)19(20)22)6-8-16-10-11-18(24-16)25-17-9-7-14-4-2-3-5-15(14)12-17/h2-13,23H,1H3,(H2,20,22)/b8-6+. The molecule has 0 radical (unpaired) electrons. The number of fused-ring (bicyclic) bond motifs is 1. The molecule has 2 amide bonds. The summed E-state index contributed by atoms with van der Waals surface area (Å²) in [5.74, 6) is 1.55. The summed E-state index contributed by atoms with van der Waals surface area (Å²) in [5, 5.41) is 12.1. The fourth-order valence-corrected chi connectivity index (χ4v) is 2.34. The Balaban J connectivity index is 1.69. The Labute approximate surface area is 144 Å². The van der Waals surface area contributed by atoms with Gasteiger partial charge in [-0.15, -0.1) is 0 Å². The molecule has 6 nitrogen and oxygen atoms in total. The van der Waals surface area contributed by atoms with Crippen molar-refractivity contribution >= 4 is 22.9 Å². The van der Waals surface area contributed by atoms with Crippen LogP contribution >= 0.6 is 0 Å². The Morgan fingerprint density at radius 3 is 2.72 bits per heavy atom. The number of ether oxygens (including phenoxy) is 1. The van der Waals surface area contributed by atoms with Gasteiger partial charge in [0.05, 0.1) is 6.04 Å². The van der Waals surface area contributed by atoms with E-state index in [4.69, 9.17) is 14.9 Å². The van der Waals surface area contributed by atoms with Crippen molar-refractivity contribution in [3.63, 3.8) is 0 Å². The van der Waals surface area contributed by atoms with Gasteiger partial charge in [0.15, 0.2) is 0 Å². The SMILES string of the molecule is CC(/C=C/c1ccc(Oc2ccc3ccccc3c2)o1)N(O)C(N)=O. The lowest BCUT2D eigenvalue weighted by molar-refractivity contribution is -0.0560. The number of furan rings is 1. The molecule has 0 saturated heterocycles. The molecule has 0 saturated carbocycles. The maximum atomic E-state index is 10.9. The van der Waals surface area contributed by atoms with E-state index in [1.807, 2.05) is 42.5 Å². The summed E-state index contributed by atoms with van der Waals surface area (Å²) < 4.78 is 11.3. The molecule has 0 aliphatic rings. The van der Waals surface area contributed by atoms with Crippen molar-refractivity contribution in [2.24, 2.45) is 5.73 Å². The smallest absolute Gasteiger partial charge is 0.339 e. The first-order valence-electron chi connectivity index (χ1n) is 7.75. The maximum absolute atomic E-state index is 10.9. The number of carbonyl (C=O) groups is 1. The molecule has 1 aromatic heterocycles. The van der Waals surface area contributed by atoms with E-state index in [0.717, 1.165) is 10.8 Å². The molecule has 2 aromatic carbocycles. The topological polar surface area (TPSA) is 88.9 Å². The van der Waals surface area contributed by atoms with E-state index >= 15 is 0 Å². The monoisotopic (exact) mass is 338 g/mol. The van der Waals surface area contributed by atoms with Crippen molar-refractivity contribution in [2.45, 2.75) is 13.0 Å². The second kappa shape index (κ2) is 7.11. The minimum absolute atomic E-state index is 0.346. The molecule has 25 heavy (non-hydrogen) atoms. The van der Waals surface area contributed by atoms with Crippen LogP contribution in [0.5, 0.6) is 11.7 Å². The molecule has 3 N–H and O–H groups in total. The summed E-state index contributed by atoms with van der Waals surface area (Å²) in [6.45, 7) is 1.62. The Bertz CT molecular complexity index is 916. The van der Waals surface area contributed by atoms with Gasteiger partial charge in [-0.3, -0.25) is 5.21 Å². The average molecular weight is 338 g/mol. The van der Waals surface area contributed by atoms with Crippen LogP contribution in [0.4, 0.5) is 4.79 Å². The van der Waals surface area contributed by atoms with Crippen molar-refractivity contribution < 1.29 is 19.2 Å². The normalized spacial score (nSPS) is 12.4. The predicted molar refractivity (Wildman–Crippen MR) is 94.4 cm³/mol. The molecule has 1 heterocycles.